The Morgan fingerprint density at radius 2 is 1.81 bits per heavy atom. The number of phenols is 1. The third kappa shape index (κ3) is 2.37. The second kappa shape index (κ2) is 5.20. The molecule has 0 heterocycles. The summed E-state index contributed by atoms with van der Waals surface area (Å²) in [5.41, 5.74) is 0.0510. The summed E-state index contributed by atoms with van der Waals surface area (Å²) in [4.78, 5) is 12.3. The lowest BCUT2D eigenvalue weighted by atomic mass is 10.0. The minimum absolute atomic E-state index is 0.0510. The van der Waals surface area contributed by atoms with Crippen LogP contribution in [0.15, 0.2) is 48.6 Å². The summed E-state index contributed by atoms with van der Waals surface area (Å²) < 4.78 is 5.17. The normalized spacial score (nSPS) is 24.4. The van der Waals surface area contributed by atoms with Crippen LogP contribution in [0.5, 0.6) is 5.75 Å². The van der Waals surface area contributed by atoms with Crippen LogP contribution in [0.4, 0.5) is 0 Å². The van der Waals surface area contributed by atoms with Crippen molar-refractivity contribution in [3.8, 4) is 5.75 Å². The molecule has 0 aliphatic heterocycles. The van der Waals surface area contributed by atoms with Gasteiger partial charge in [0, 0.05) is 0 Å². The van der Waals surface area contributed by atoms with Crippen molar-refractivity contribution in [3.05, 3.63) is 54.1 Å². The number of hydrogen-bond donors (Lipinski definition) is 3. The molecule has 0 fully saturated rings. The van der Waals surface area contributed by atoms with E-state index in [1.54, 1.807) is 18.2 Å². The fourth-order valence-electron chi connectivity index (χ4n) is 2.41. The van der Waals surface area contributed by atoms with Crippen LogP contribution in [0, 0.1) is 0 Å². The summed E-state index contributed by atoms with van der Waals surface area (Å²) in [5.74, 6) is -0.928. The number of benzene rings is 2. The molecule has 3 atom stereocenters. The van der Waals surface area contributed by atoms with Gasteiger partial charge in [0.2, 0.25) is 0 Å². The Balaban J connectivity index is 1.95. The Kier molecular flexibility index (Phi) is 3.37. The van der Waals surface area contributed by atoms with Gasteiger partial charge in [-0.2, -0.15) is 0 Å². The van der Waals surface area contributed by atoms with Gasteiger partial charge in [0.15, 0.2) is 0 Å². The number of esters is 1. The van der Waals surface area contributed by atoms with Crippen LogP contribution in [-0.2, 0) is 4.74 Å². The van der Waals surface area contributed by atoms with E-state index in [1.807, 2.05) is 12.1 Å². The molecular weight excluding hydrogens is 272 g/mol. The van der Waals surface area contributed by atoms with Crippen LogP contribution in [-0.4, -0.2) is 39.6 Å². The molecule has 5 nitrogen and oxygen atoms in total. The van der Waals surface area contributed by atoms with Gasteiger partial charge in [0.1, 0.15) is 29.6 Å². The number of carbonyl (C=O) groups is 1. The van der Waals surface area contributed by atoms with E-state index in [1.165, 1.54) is 18.2 Å². The van der Waals surface area contributed by atoms with Gasteiger partial charge in [0.05, 0.1) is 0 Å². The number of carbonyl (C=O) groups excluding carboxylic acids is 1. The molecule has 5 heteroatoms. The standard InChI is InChI=1S/C16H14O5/c17-11-6-5-9-3-1-2-4-10(9)14(11)16(20)21-13-8-7-12(18)15(13)19/h1-8,12-13,15,17-19H/t12-,13+,15+/m0/s1. The van der Waals surface area contributed by atoms with E-state index in [0.717, 1.165) is 5.39 Å². The second-order valence-electron chi connectivity index (χ2n) is 4.92. The molecule has 3 N–H and O–H groups in total. The van der Waals surface area contributed by atoms with E-state index >= 15 is 0 Å². The molecule has 2 aromatic carbocycles. The second-order valence-corrected chi connectivity index (χ2v) is 4.92. The average molecular weight is 286 g/mol. The number of hydrogen-bond acceptors (Lipinski definition) is 5. The smallest absolute Gasteiger partial charge is 0.343 e. The molecule has 0 bridgehead atoms. The van der Waals surface area contributed by atoms with Crippen LogP contribution < -0.4 is 0 Å². The molecular formula is C16H14O5. The maximum atomic E-state index is 12.3. The summed E-state index contributed by atoms with van der Waals surface area (Å²) in [6.45, 7) is 0. The Morgan fingerprint density at radius 1 is 1.05 bits per heavy atom. The van der Waals surface area contributed by atoms with Gasteiger partial charge in [-0.3, -0.25) is 0 Å². The predicted octanol–water partition coefficient (Wildman–Crippen LogP) is 1.36. The molecule has 3 rings (SSSR count). The molecule has 21 heavy (non-hydrogen) atoms. The van der Waals surface area contributed by atoms with Crippen molar-refractivity contribution in [1.82, 2.24) is 0 Å². The zero-order valence-corrected chi connectivity index (χ0v) is 11.0. The van der Waals surface area contributed by atoms with E-state index in [2.05, 4.69) is 0 Å². The van der Waals surface area contributed by atoms with Gasteiger partial charge >= 0.3 is 5.97 Å². The van der Waals surface area contributed by atoms with Gasteiger partial charge in [-0.05, 0) is 22.9 Å². The van der Waals surface area contributed by atoms with Crippen LogP contribution >= 0.6 is 0 Å². The van der Waals surface area contributed by atoms with Crippen molar-refractivity contribution in [3.63, 3.8) is 0 Å². The SMILES string of the molecule is O=C(O[C@@H]1C=C[C@H](O)[C@H]1O)c1c(O)ccc2ccccc12. The van der Waals surface area contributed by atoms with Crippen molar-refractivity contribution < 1.29 is 24.9 Å². The molecule has 108 valence electrons. The Labute approximate surface area is 120 Å². The fourth-order valence-corrected chi connectivity index (χ4v) is 2.41. The molecule has 0 amide bonds. The minimum Gasteiger partial charge on any atom is -0.507 e. The first-order chi connectivity index (χ1) is 10.1. The molecule has 1 aliphatic rings. The first kappa shape index (κ1) is 13.6. The Bertz CT molecular complexity index is 722. The van der Waals surface area contributed by atoms with E-state index in [9.17, 15) is 20.1 Å². The zero-order chi connectivity index (χ0) is 15.0. The van der Waals surface area contributed by atoms with Crippen molar-refractivity contribution >= 4 is 16.7 Å². The summed E-state index contributed by atoms with van der Waals surface area (Å²) in [7, 11) is 0. The van der Waals surface area contributed by atoms with Crippen LogP contribution in [0.2, 0.25) is 0 Å². The third-order valence-corrected chi connectivity index (χ3v) is 3.54. The first-order valence-electron chi connectivity index (χ1n) is 6.54. The van der Waals surface area contributed by atoms with Gasteiger partial charge < -0.3 is 20.1 Å². The van der Waals surface area contributed by atoms with E-state index in [4.69, 9.17) is 4.74 Å². The number of rotatable bonds is 2. The number of aliphatic hydroxyl groups is 2. The largest absolute Gasteiger partial charge is 0.507 e. The van der Waals surface area contributed by atoms with Crippen molar-refractivity contribution in [2.75, 3.05) is 0 Å². The molecule has 2 aromatic rings. The summed E-state index contributed by atoms with van der Waals surface area (Å²) in [5, 5.41) is 30.4. The number of aliphatic hydroxyl groups excluding tert-OH is 2. The van der Waals surface area contributed by atoms with Crippen molar-refractivity contribution in [1.29, 1.82) is 0 Å². The highest BCUT2D eigenvalue weighted by Crippen LogP contribution is 2.29. The van der Waals surface area contributed by atoms with Gasteiger partial charge in [0.25, 0.3) is 0 Å². The highest BCUT2D eigenvalue weighted by molar-refractivity contribution is 6.07. The number of fused-ring (bicyclic) bond motifs is 1. The lowest BCUT2D eigenvalue weighted by Crippen LogP contribution is -2.33. The van der Waals surface area contributed by atoms with E-state index in [0.29, 0.717) is 5.39 Å². The zero-order valence-electron chi connectivity index (χ0n) is 11.0. The summed E-state index contributed by atoms with van der Waals surface area (Å²) in [6.07, 6.45) is -0.373. The minimum atomic E-state index is -1.19. The first-order valence-corrected chi connectivity index (χ1v) is 6.54. The van der Waals surface area contributed by atoms with Crippen LogP contribution in [0.1, 0.15) is 10.4 Å². The predicted molar refractivity (Wildman–Crippen MR) is 76.0 cm³/mol. The highest BCUT2D eigenvalue weighted by Gasteiger charge is 2.32. The third-order valence-electron chi connectivity index (χ3n) is 3.54. The summed E-state index contributed by atoms with van der Waals surface area (Å²) >= 11 is 0. The van der Waals surface area contributed by atoms with Crippen molar-refractivity contribution in [2.45, 2.75) is 18.3 Å². The maximum absolute atomic E-state index is 12.3. The topological polar surface area (TPSA) is 87.0 Å². The summed E-state index contributed by atoms with van der Waals surface area (Å²) in [6, 6.07) is 10.2. The highest BCUT2D eigenvalue weighted by atomic mass is 16.6. The average Bonchev–Trinajstić information content (AvgIpc) is 2.79. The molecule has 1 aliphatic carbocycles. The maximum Gasteiger partial charge on any atom is 0.343 e. The van der Waals surface area contributed by atoms with Crippen LogP contribution in [0.3, 0.4) is 0 Å². The molecule has 0 aromatic heterocycles. The molecule has 0 radical (unpaired) electrons. The quantitative estimate of drug-likeness (QED) is 0.573. The van der Waals surface area contributed by atoms with Crippen LogP contribution in [0.25, 0.3) is 10.8 Å². The Hall–Kier alpha value is -2.37. The van der Waals surface area contributed by atoms with Gasteiger partial charge in [-0.25, -0.2) is 4.79 Å². The molecule has 0 spiro atoms. The Morgan fingerprint density at radius 3 is 2.52 bits per heavy atom. The number of ether oxygens (including phenoxy) is 1. The monoisotopic (exact) mass is 286 g/mol. The van der Waals surface area contributed by atoms with Gasteiger partial charge in [-0.15, -0.1) is 0 Å². The fraction of sp³-hybridized carbons (Fsp3) is 0.188. The van der Waals surface area contributed by atoms with E-state index < -0.39 is 24.3 Å². The number of aromatic hydroxyl groups is 1. The van der Waals surface area contributed by atoms with E-state index in [-0.39, 0.29) is 11.3 Å². The molecule has 0 saturated carbocycles. The van der Waals surface area contributed by atoms with Gasteiger partial charge in [-0.1, -0.05) is 36.4 Å². The number of phenolic OH excluding ortho intramolecular Hbond substituents is 1. The van der Waals surface area contributed by atoms with Crippen molar-refractivity contribution in [2.24, 2.45) is 0 Å². The lowest BCUT2D eigenvalue weighted by Gasteiger charge is -2.18. The molecule has 0 unspecified atom stereocenters. The molecule has 0 saturated heterocycles. The lowest BCUT2D eigenvalue weighted by molar-refractivity contribution is -0.0278.